The van der Waals surface area contributed by atoms with Crippen LogP contribution in [0.4, 0.5) is 4.79 Å². The summed E-state index contributed by atoms with van der Waals surface area (Å²) < 4.78 is 89.8. The number of hydrogen-bond acceptors (Lipinski definition) is 17. The first kappa shape index (κ1) is 17.9. The minimum atomic E-state index is -4.98. The Bertz CT molecular complexity index is 1280. The van der Waals surface area contributed by atoms with Crippen LogP contribution in [0.2, 0.25) is 0 Å². The zero-order valence-corrected chi connectivity index (χ0v) is 16.7. The smallest absolute Gasteiger partial charge is 0.391 e. The van der Waals surface area contributed by atoms with Gasteiger partial charge in [-0.05, 0) is 0 Å². The number of hydroxylamine groups is 2. The Morgan fingerprint density at radius 1 is 1.00 bits per heavy atom. The number of aliphatic hydroxyl groups is 2. The van der Waals surface area contributed by atoms with E-state index in [9.17, 15) is 28.7 Å². The normalized spacial score (nSPS) is 60.3. The molecular formula is C9H4N3O16P3. The molecule has 0 saturated carbocycles. The van der Waals surface area contributed by atoms with Crippen molar-refractivity contribution in [2.75, 3.05) is 6.61 Å². The number of fused-ring (bicyclic) bond motifs is 2. The number of hydrogen-bond donors (Lipinski definition) is 2. The number of urea groups is 1. The molecule has 10 bridgehead atoms. The molecule has 2 N–H and O–H groups in total. The predicted molar refractivity (Wildman–Crippen MR) is 77.4 cm³/mol. The summed E-state index contributed by atoms with van der Waals surface area (Å²) in [6.07, 6.45) is 0. The number of phosphoric ester groups is 3. The molecule has 6 saturated heterocycles. The molecule has 10 rings (SSSR count). The number of amidine groups is 1. The van der Waals surface area contributed by atoms with E-state index in [0.29, 0.717) is 4.90 Å². The summed E-state index contributed by atoms with van der Waals surface area (Å²) in [6.45, 7) is -1.30. The number of amides is 2. The van der Waals surface area contributed by atoms with Crippen LogP contribution in [0, 0.1) is 0 Å². The van der Waals surface area contributed by atoms with E-state index in [4.69, 9.17) is 45.7 Å². The molecular weight excluding hydrogens is 499 g/mol. The molecule has 10 heterocycles. The van der Waals surface area contributed by atoms with Crippen molar-refractivity contribution < 1.29 is 74.4 Å². The van der Waals surface area contributed by atoms with Crippen LogP contribution >= 0.6 is 23.5 Å². The Labute approximate surface area is 167 Å². The van der Waals surface area contributed by atoms with Crippen molar-refractivity contribution >= 4 is 35.3 Å². The van der Waals surface area contributed by atoms with Crippen molar-refractivity contribution in [3.63, 3.8) is 0 Å². The Hall–Kier alpha value is -1.59. The van der Waals surface area contributed by atoms with Crippen molar-refractivity contribution in [1.82, 2.24) is 9.96 Å². The Balaban J connectivity index is 1.52. The van der Waals surface area contributed by atoms with E-state index in [2.05, 4.69) is 5.16 Å². The second-order valence-corrected chi connectivity index (χ2v) is 11.2. The molecule has 2 amide bonds. The first-order valence-corrected chi connectivity index (χ1v) is 12.5. The van der Waals surface area contributed by atoms with Crippen LogP contribution < -0.4 is 0 Å². The van der Waals surface area contributed by atoms with Gasteiger partial charge < -0.3 is 19.3 Å². The number of rotatable bonds is 1. The van der Waals surface area contributed by atoms with Crippen LogP contribution in [0.3, 0.4) is 0 Å². The fourth-order valence-corrected chi connectivity index (χ4v) is 8.83. The molecule has 0 aliphatic carbocycles. The monoisotopic (exact) mass is 503 g/mol. The van der Waals surface area contributed by atoms with Gasteiger partial charge in [0.1, 0.15) is 6.61 Å². The zero-order chi connectivity index (χ0) is 21.4. The van der Waals surface area contributed by atoms with Crippen molar-refractivity contribution in [2.24, 2.45) is 5.16 Å². The molecule has 0 radical (unpaired) electrons. The number of carbonyl (C=O) groups is 1. The van der Waals surface area contributed by atoms with E-state index in [-0.39, 0.29) is 5.06 Å². The third-order valence-electron chi connectivity index (χ3n) is 5.37. The van der Waals surface area contributed by atoms with Gasteiger partial charge in [-0.25, -0.2) is 41.1 Å². The van der Waals surface area contributed by atoms with Gasteiger partial charge in [0.25, 0.3) is 23.3 Å². The first-order chi connectivity index (χ1) is 14.5. The van der Waals surface area contributed by atoms with Crippen LogP contribution in [0.5, 0.6) is 0 Å². The molecule has 2 spiro atoms. The lowest BCUT2D eigenvalue weighted by atomic mass is 9.97. The number of ether oxygens (including phenoxy) is 1. The lowest BCUT2D eigenvalue weighted by Gasteiger charge is -2.43. The van der Waals surface area contributed by atoms with Gasteiger partial charge in [-0.15, -0.1) is 9.69 Å². The standard InChI is InChI=1S/C9H4N3O16P3/c13-1-6-7(15)8-9(21-6,26-30(17,22-6)24-8)11-4-2-3(10-27-31(18,23-7)25-8)12(5(11)14)28-29(16,19-2)20-4/h13,15H,1H2/b10-3+. The second kappa shape index (κ2) is 4.31. The lowest BCUT2D eigenvalue weighted by Crippen LogP contribution is -2.70. The van der Waals surface area contributed by atoms with E-state index < -0.39 is 76.9 Å². The molecule has 0 aromatic rings. The Morgan fingerprint density at radius 3 is 2.55 bits per heavy atom. The maximum absolute atomic E-state index is 13.3. The highest BCUT2D eigenvalue weighted by Crippen LogP contribution is 2.88. The SMILES string of the molecule is O=C1N2OP3(=O)OC4=C(O3)N1C13OC5(CO)OP(=O)(O1)OC31OP(=O)(O/N=C\42)OC51O. The molecule has 31 heavy (non-hydrogen) atoms. The van der Waals surface area contributed by atoms with Gasteiger partial charge in [-0.2, -0.15) is 4.90 Å². The number of phosphoric acid groups is 3. The average Bonchev–Trinajstić information content (AvgIpc) is 3.16. The van der Waals surface area contributed by atoms with Gasteiger partial charge in [0, 0.05) is 0 Å². The summed E-state index contributed by atoms with van der Waals surface area (Å²) in [5.74, 6) is -14.0. The first-order valence-electron chi connectivity index (χ1n) is 8.08. The quantitative estimate of drug-likeness (QED) is 0.428. The molecule has 19 nitrogen and oxygen atoms in total. The number of nitrogens with zero attached hydrogens (tertiary/aromatic N) is 3. The van der Waals surface area contributed by atoms with Crippen LogP contribution in [-0.2, 0) is 59.3 Å². The summed E-state index contributed by atoms with van der Waals surface area (Å²) in [7, 11) is -14.2. The van der Waals surface area contributed by atoms with Crippen molar-refractivity contribution in [3.8, 4) is 0 Å². The van der Waals surface area contributed by atoms with E-state index in [1.54, 1.807) is 0 Å². The molecule has 0 aromatic heterocycles. The highest BCUT2D eigenvalue weighted by molar-refractivity contribution is 7.50. The topological polar surface area (TPSA) is 220 Å². The van der Waals surface area contributed by atoms with E-state index in [1.807, 2.05) is 0 Å². The Morgan fingerprint density at radius 2 is 1.77 bits per heavy atom. The van der Waals surface area contributed by atoms with Crippen LogP contribution in [-0.4, -0.2) is 61.9 Å². The fourth-order valence-electron chi connectivity index (χ4n) is 4.28. The molecule has 0 aromatic carbocycles. The van der Waals surface area contributed by atoms with E-state index >= 15 is 0 Å². The number of carbonyl (C=O) groups excluding carboxylic acids is 1. The summed E-state index contributed by atoms with van der Waals surface area (Å²) in [5.41, 5.74) is 0. The van der Waals surface area contributed by atoms with Crippen LogP contribution in [0.1, 0.15) is 0 Å². The molecule has 22 heteroatoms. The van der Waals surface area contributed by atoms with Gasteiger partial charge in [-0.1, -0.05) is 5.16 Å². The van der Waals surface area contributed by atoms with Crippen LogP contribution in [0.25, 0.3) is 0 Å². The van der Waals surface area contributed by atoms with Gasteiger partial charge in [-0.3, -0.25) is 9.36 Å². The molecule has 166 valence electrons. The maximum atomic E-state index is 13.3. The largest absolute Gasteiger partial charge is 0.612 e. The van der Waals surface area contributed by atoms with Crippen molar-refractivity contribution in [2.45, 2.75) is 23.3 Å². The predicted octanol–water partition coefficient (Wildman–Crippen LogP) is -0.566. The van der Waals surface area contributed by atoms with Gasteiger partial charge in [0.15, 0.2) is 0 Å². The van der Waals surface area contributed by atoms with Crippen LogP contribution in [0.15, 0.2) is 16.8 Å². The Kier molecular flexibility index (Phi) is 2.49. The molecule has 7 unspecified atom stereocenters. The molecule has 10 aliphatic rings. The highest BCUT2D eigenvalue weighted by atomic mass is 31.2. The minimum absolute atomic E-state index is 0.271. The third-order valence-corrected chi connectivity index (χ3v) is 9.26. The summed E-state index contributed by atoms with van der Waals surface area (Å²) >= 11 is 0. The number of aliphatic hydroxyl groups excluding tert-OH is 1. The molecule has 10 aliphatic heterocycles. The van der Waals surface area contributed by atoms with Crippen molar-refractivity contribution in [3.05, 3.63) is 11.6 Å². The highest BCUT2D eigenvalue weighted by Gasteiger charge is 3.03. The summed E-state index contributed by atoms with van der Waals surface area (Å²) in [4.78, 5) is 13.6. The van der Waals surface area contributed by atoms with Gasteiger partial charge >= 0.3 is 41.2 Å². The van der Waals surface area contributed by atoms with E-state index in [1.165, 1.54) is 0 Å². The van der Waals surface area contributed by atoms with Gasteiger partial charge in [0.2, 0.25) is 5.76 Å². The molecule has 6 fully saturated rings. The zero-order valence-electron chi connectivity index (χ0n) is 14.0. The lowest BCUT2D eigenvalue weighted by molar-refractivity contribution is -0.386. The van der Waals surface area contributed by atoms with E-state index in [0.717, 1.165) is 0 Å². The van der Waals surface area contributed by atoms with Crippen molar-refractivity contribution in [1.29, 1.82) is 0 Å². The fraction of sp³-hybridized carbons (Fsp3) is 0.556. The second-order valence-electron chi connectivity index (χ2n) is 6.96. The molecule has 7 atom stereocenters. The number of oxime groups is 1. The maximum Gasteiger partial charge on any atom is 0.612 e. The third kappa shape index (κ3) is 1.49. The van der Waals surface area contributed by atoms with Gasteiger partial charge in [0.05, 0.1) is 0 Å². The minimum Gasteiger partial charge on any atom is -0.391 e. The summed E-state index contributed by atoms with van der Waals surface area (Å²) in [5, 5.41) is 25.0. The average molecular weight is 503 g/mol. The summed E-state index contributed by atoms with van der Waals surface area (Å²) in [6, 6.07) is -1.32.